The number of aryl methyl sites for hydroxylation is 2. The summed E-state index contributed by atoms with van der Waals surface area (Å²) in [5.41, 5.74) is 1.11. The van der Waals surface area contributed by atoms with Crippen LogP contribution in [0.15, 0.2) is 40.8 Å². The Morgan fingerprint density at radius 2 is 1.92 bits per heavy atom. The summed E-state index contributed by atoms with van der Waals surface area (Å²) in [6.07, 6.45) is 0.443. The van der Waals surface area contributed by atoms with E-state index in [1.54, 1.807) is 11.0 Å². The molecule has 0 bridgehead atoms. The summed E-state index contributed by atoms with van der Waals surface area (Å²) >= 11 is 0. The van der Waals surface area contributed by atoms with Crippen molar-refractivity contribution in [2.45, 2.75) is 32.9 Å². The Morgan fingerprint density at radius 1 is 1.19 bits per heavy atom. The Bertz CT molecular complexity index is 870. The van der Waals surface area contributed by atoms with Crippen molar-refractivity contribution in [3.05, 3.63) is 53.5 Å². The van der Waals surface area contributed by atoms with Crippen LogP contribution in [0, 0.1) is 13.8 Å². The molecule has 140 valence electrons. The van der Waals surface area contributed by atoms with Gasteiger partial charge in [-0.3, -0.25) is 4.79 Å². The Morgan fingerprint density at radius 3 is 2.50 bits per heavy atom. The van der Waals surface area contributed by atoms with Crippen LogP contribution < -0.4 is 4.74 Å². The lowest BCUT2D eigenvalue weighted by Crippen LogP contribution is -2.43. The summed E-state index contributed by atoms with van der Waals surface area (Å²) in [7, 11) is -3.10. The molecular formula is C19H23NO5S. The molecule has 1 fully saturated rings. The number of carbonyl (C=O) groups excluding carboxylic acids is 1. The van der Waals surface area contributed by atoms with Gasteiger partial charge in [0.15, 0.2) is 16.4 Å². The molecule has 26 heavy (non-hydrogen) atoms. The third-order valence-electron chi connectivity index (χ3n) is 4.48. The van der Waals surface area contributed by atoms with Crippen LogP contribution >= 0.6 is 0 Å². The standard InChI is InChI=1S/C19H23NO5S/c1-14-3-6-17(7-4-14)24-12-19(21)20(11-18-8-5-15(2)25-18)16-9-10-26(22,23)13-16/h3-8,16H,9-13H2,1-2H3/t16-/m0/s1. The molecule has 2 heterocycles. The average Bonchev–Trinajstić information content (AvgIpc) is 3.16. The van der Waals surface area contributed by atoms with E-state index >= 15 is 0 Å². The van der Waals surface area contributed by atoms with Gasteiger partial charge in [0.05, 0.1) is 18.1 Å². The zero-order chi connectivity index (χ0) is 18.7. The van der Waals surface area contributed by atoms with Crippen LogP contribution in [-0.2, 0) is 21.2 Å². The Hall–Kier alpha value is -2.28. The van der Waals surface area contributed by atoms with Crippen molar-refractivity contribution in [1.82, 2.24) is 4.90 Å². The molecule has 0 spiro atoms. The van der Waals surface area contributed by atoms with Crippen LogP contribution in [0.4, 0.5) is 0 Å². The first kappa shape index (κ1) is 18.5. The fraction of sp³-hybridized carbons (Fsp3) is 0.421. The van der Waals surface area contributed by atoms with Crippen molar-refractivity contribution in [2.24, 2.45) is 0 Å². The van der Waals surface area contributed by atoms with E-state index in [9.17, 15) is 13.2 Å². The molecule has 1 aromatic heterocycles. The van der Waals surface area contributed by atoms with Crippen LogP contribution in [0.5, 0.6) is 5.75 Å². The third-order valence-corrected chi connectivity index (χ3v) is 6.23. The lowest BCUT2D eigenvalue weighted by Gasteiger charge is -2.27. The van der Waals surface area contributed by atoms with Crippen LogP contribution in [0.2, 0.25) is 0 Å². The number of sulfone groups is 1. The van der Waals surface area contributed by atoms with E-state index in [0.29, 0.717) is 17.9 Å². The van der Waals surface area contributed by atoms with Crippen LogP contribution in [0.1, 0.15) is 23.5 Å². The molecule has 0 saturated carbocycles. The van der Waals surface area contributed by atoms with E-state index in [0.717, 1.165) is 11.3 Å². The molecule has 2 aromatic rings. The molecule has 0 aliphatic carbocycles. The number of ether oxygens (including phenoxy) is 1. The Labute approximate surface area is 153 Å². The predicted molar refractivity (Wildman–Crippen MR) is 97.7 cm³/mol. The van der Waals surface area contributed by atoms with Crippen molar-refractivity contribution < 1.29 is 22.4 Å². The molecule has 1 saturated heterocycles. The van der Waals surface area contributed by atoms with E-state index in [2.05, 4.69) is 0 Å². The zero-order valence-electron chi connectivity index (χ0n) is 15.0. The fourth-order valence-corrected chi connectivity index (χ4v) is 4.77. The van der Waals surface area contributed by atoms with Crippen LogP contribution in [0.3, 0.4) is 0 Å². The number of carbonyl (C=O) groups is 1. The van der Waals surface area contributed by atoms with E-state index in [1.807, 2.05) is 44.2 Å². The van der Waals surface area contributed by atoms with Crippen LogP contribution in [-0.4, -0.2) is 43.4 Å². The molecule has 1 aliphatic heterocycles. The monoisotopic (exact) mass is 377 g/mol. The van der Waals surface area contributed by atoms with Crippen LogP contribution in [0.25, 0.3) is 0 Å². The first-order valence-corrected chi connectivity index (χ1v) is 10.4. The maximum absolute atomic E-state index is 12.8. The lowest BCUT2D eigenvalue weighted by molar-refractivity contribution is -0.136. The fourth-order valence-electron chi connectivity index (χ4n) is 3.04. The van der Waals surface area contributed by atoms with E-state index in [-0.39, 0.29) is 36.6 Å². The van der Waals surface area contributed by atoms with Gasteiger partial charge >= 0.3 is 0 Å². The van der Waals surface area contributed by atoms with Gasteiger partial charge in [-0.15, -0.1) is 0 Å². The van der Waals surface area contributed by atoms with Gasteiger partial charge in [0.1, 0.15) is 17.3 Å². The van der Waals surface area contributed by atoms with Crippen molar-refractivity contribution in [1.29, 1.82) is 0 Å². The average molecular weight is 377 g/mol. The molecular weight excluding hydrogens is 354 g/mol. The van der Waals surface area contributed by atoms with E-state index in [4.69, 9.17) is 9.15 Å². The van der Waals surface area contributed by atoms with Gasteiger partial charge in [-0.2, -0.15) is 0 Å². The molecule has 0 radical (unpaired) electrons. The van der Waals surface area contributed by atoms with Gasteiger partial charge in [0, 0.05) is 6.04 Å². The first-order valence-electron chi connectivity index (χ1n) is 8.57. The molecule has 7 heteroatoms. The molecule has 6 nitrogen and oxygen atoms in total. The number of hydrogen-bond donors (Lipinski definition) is 0. The summed E-state index contributed by atoms with van der Waals surface area (Å²) < 4.78 is 34.8. The second kappa shape index (κ2) is 7.53. The van der Waals surface area contributed by atoms with Gasteiger partial charge < -0.3 is 14.1 Å². The van der Waals surface area contributed by atoms with E-state index < -0.39 is 9.84 Å². The summed E-state index contributed by atoms with van der Waals surface area (Å²) in [5, 5.41) is 0. The number of nitrogens with zero attached hydrogens (tertiary/aromatic N) is 1. The minimum absolute atomic E-state index is 0.0109. The SMILES string of the molecule is Cc1ccc(OCC(=O)N(Cc2ccc(C)o2)[C@H]2CCS(=O)(=O)C2)cc1. The quantitative estimate of drug-likeness (QED) is 0.773. The number of rotatable bonds is 6. The van der Waals surface area contributed by atoms with Gasteiger partial charge in [0.2, 0.25) is 0 Å². The number of furan rings is 1. The normalized spacial score (nSPS) is 18.6. The molecule has 1 aliphatic rings. The third kappa shape index (κ3) is 4.66. The van der Waals surface area contributed by atoms with Crippen molar-refractivity contribution in [3.8, 4) is 5.75 Å². The topological polar surface area (TPSA) is 76.8 Å². The molecule has 0 N–H and O–H groups in total. The predicted octanol–water partition coefficient (Wildman–Crippen LogP) is 2.49. The zero-order valence-corrected chi connectivity index (χ0v) is 15.8. The highest BCUT2D eigenvalue weighted by atomic mass is 32.2. The largest absolute Gasteiger partial charge is 0.484 e. The molecule has 0 unspecified atom stereocenters. The number of hydrogen-bond acceptors (Lipinski definition) is 5. The molecule has 1 atom stereocenters. The maximum atomic E-state index is 12.8. The number of benzene rings is 1. The Balaban J connectivity index is 1.71. The summed E-state index contributed by atoms with van der Waals surface area (Å²) in [6, 6.07) is 10.7. The summed E-state index contributed by atoms with van der Waals surface area (Å²) in [4.78, 5) is 14.3. The summed E-state index contributed by atoms with van der Waals surface area (Å²) in [5.74, 6) is 1.84. The Kier molecular flexibility index (Phi) is 5.36. The number of amides is 1. The van der Waals surface area contributed by atoms with Gasteiger partial charge in [-0.1, -0.05) is 17.7 Å². The second-order valence-electron chi connectivity index (χ2n) is 6.69. The van der Waals surface area contributed by atoms with Gasteiger partial charge in [-0.25, -0.2) is 8.42 Å². The van der Waals surface area contributed by atoms with Gasteiger partial charge in [0.25, 0.3) is 5.91 Å². The first-order chi connectivity index (χ1) is 12.3. The maximum Gasteiger partial charge on any atom is 0.261 e. The second-order valence-corrected chi connectivity index (χ2v) is 8.92. The highest BCUT2D eigenvalue weighted by molar-refractivity contribution is 7.91. The minimum Gasteiger partial charge on any atom is -0.484 e. The highest BCUT2D eigenvalue weighted by Gasteiger charge is 2.35. The lowest BCUT2D eigenvalue weighted by atomic mass is 10.2. The van der Waals surface area contributed by atoms with Crippen molar-refractivity contribution in [2.75, 3.05) is 18.1 Å². The van der Waals surface area contributed by atoms with Gasteiger partial charge in [-0.05, 0) is 44.5 Å². The summed E-state index contributed by atoms with van der Waals surface area (Å²) in [6.45, 7) is 3.90. The smallest absolute Gasteiger partial charge is 0.261 e. The highest BCUT2D eigenvalue weighted by Crippen LogP contribution is 2.21. The molecule has 3 rings (SSSR count). The molecule has 1 aromatic carbocycles. The minimum atomic E-state index is -3.10. The van der Waals surface area contributed by atoms with E-state index in [1.165, 1.54) is 0 Å². The van der Waals surface area contributed by atoms with Crippen molar-refractivity contribution >= 4 is 15.7 Å². The molecule has 1 amide bonds. The van der Waals surface area contributed by atoms with Crippen molar-refractivity contribution in [3.63, 3.8) is 0 Å².